The van der Waals surface area contributed by atoms with E-state index in [1.807, 2.05) is 12.4 Å². The standard InChI is InChI=1S/C57H89N7O3/c1-40(2)13-10-14-41(3)49-19-20-50-48-18-17-42-35-47(23-27-56(42,4)51(48)24-28-57(49,50)5)67-55(66)22-21-54(65)61-30-9-8-29-58-43-25-31-59-44(36-43)38-63-33-11-15-52(63)53-16-12-34-64(53)39-45-37-46(62(6)7)26-32-60-45/h17,25-26,31-32,36-37,40-41,47-53H,8-16,18-24,27-30,33-35,38-39H2,1-7H3,(H,58,59)(H,61,65). The molecule has 10 heteroatoms. The van der Waals surface area contributed by atoms with Crippen molar-refractivity contribution in [3.8, 4) is 0 Å². The highest BCUT2D eigenvalue weighted by Gasteiger charge is 2.59. The molecule has 5 fully saturated rings. The number of carbonyl (C=O) groups excluding carboxylic acids is 2. The second-order valence-corrected chi connectivity index (χ2v) is 23.4. The molecule has 8 rings (SSSR count). The lowest BCUT2D eigenvalue weighted by atomic mass is 9.47. The molecule has 370 valence electrons. The van der Waals surface area contributed by atoms with Gasteiger partial charge in [-0.15, -0.1) is 0 Å². The van der Waals surface area contributed by atoms with Crippen molar-refractivity contribution in [3.63, 3.8) is 0 Å². The lowest BCUT2D eigenvalue weighted by molar-refractivity contribution is -0.152. The summed E-state index contributed by atoms with van der Waals surface area (Å²) in [6.07, 6.45) is 27.4. The van der Waals surface area contributed by atoms with Gasteiger partial charge in [-0.2, -0.15) is 0 Å². The number of nitrogens with zero attached hydrogens (tertiary/aromatic N) is 5. The van der Waals surface area contributed by atoms with Crippen LogP contribution >= 0.6 is 0 Å². The zero-order valence-corrected chi connectivity index (χ0v) is 42.9. The van der Waals surface area contributed by atoms with Gasteiger partial charge in [0.1, 0.15) is 6.10 Å². The van der Waals surface area contributed by atoms with Gasteiger partial charge in [-0.1, -0.05) is 65.5 Å². The van der Waals surface area contributed by atoms with Crippen LogP contribution in [0.1, 0.15) is 168 Å². The van der Waals surface area contributed by atoms with E-state index in [0.29, 0.717) is 24.0 Å². The molecule has 2 N–H and O–H groups in total. The number of unbranched alkanes of at least 4 members (excludes halogenated alkanes) is 1. The maximum atomic E-state index is 13.0. The summed E-state index contributed by atoms with van der Waals surface area (Å²) in [7, 11) is 4.18. The molecule has 67 heavy (non-hydrogen) atoms. The fraction of sp³-hybridized carbons (Fsp3) is 0.754. The number of hydrogen-bond donors (Lipinski definition) is 2. The van der Waals surface area contributed by atoms with E-state index in [4.69, 9.17) is 14.7 Å². The van der Waals surface area contributed by atoms with Crippen LogP contribution in [-0.4, -0.2) is 90.1 Å². The van der Waals surface area contributed by atoms with E-state index < -0.39 is 0 Å². The van der Waals surface area contributed by atoms with Gasteiger partial charge >= 0.3 is 5.97 Å². The molecule has 4 aliphatic carbocycles. The van der Waals surface area contributed by atoms with Crippen molar-refractivity contribution < 1.29 is 14.3 Å². The minimum atomic E-state index is -0.230. The number of ether oxygens (including phenoxy) is 1. The van der Waals surface area contributed by atoms with Crippen LogP contribution in [0.25, 0.3) is 0 Å². The third-order valence-corrected chi connectivity index (χ3v) is 18.5. The van der Waals surface area contributed by atoms with Gasteiger partial charge in [-0.25, -0.2) is 0 Å². The van der Waals surface area contributed by atoms with Crippen LogP contribution in [0.15, 0.2) is 48.3 Å². The van der Waals surface area contributed by atoms with Gasteiger partial charge in [0.25, 0.3) is 0 Å². The summed E-state index contributed by atoms with van der Waals surface area (Å²) >= 11 is 0. The van der Waals surface area contributed by atoms with Crippen molar-refractivity contribution in [1.29, 1.82) is 0 Å². The molecule has 4 heterocycles. The lowest BCUT2D eigenvalue weighted by Gasteiger charge is -2.58. The third-order valence-electron chi connectivity index (χ3n) is 18.5. The van der Waals surface area contributed by atoms with E-state index in [1.165, 1.54) is 82.7 Å². The Hall–Kier alpha value is -3.50. The summed E-state index contributed by atoms with van der Waals surface area (Å²) in [6.45, 7) is 18.0. The molecule has 2 aliphatic heterocycles. The van der Waals surface area contributed by atoms with E-state index in [-0.39, 0.29) is 36.2 Å². The first-order valence-electron chi connectivity index (χ1n) is 27.3. The number of carbonyl (C=O) groups is 2. The number of nitrogens with one attached hydrogen (secondary N) is 2. The average molecular weight is 920 g/mol. The Morgan fingerprint density at radius 2 is 1.54 bits per heavy atom. The maximum Gasteiger partial charge on any atom is 0.306 e. The van der Waals surface area contributed by atoms with E-state index in [0.717, 1.165) is 117 Å². The Kier molecular flexibility index (Phi) is 16.8. The summed E-state index contributed by atoms with van der Waals surface area (Å²) in [4.78, 5) is 42.8. The molecule has 3 saturated carbocycles. The molecular formula is C57H89N7O3. The number of anilines is 2. The van der Waals surface area contributed by atoms with Gasteiger partial charge in [0.05, 0.1) is 17.8 Å². The number of likely N-dealkylation sites (tertiary alicyclic amines) is 2. The first-order valence-corrected chi connectivity index (χ1v) is 27.3. The van der Waals surface area contributed by atoms with Crippen molar-refractivity contribution >= 4 is 23.3 Å². The Balaban J connectivity index is 0.707. The molecular weight excluding hydrogens is 831 g/mol. The maximum absolute atomic E-state index is 13.0. The highest BCUT2D eigenvalue weighted by atomic mass is 16.5. The van der Waals surface area contributed by atoms with Gasteiger partial charge in [0, 0.05) is 89.0 Å². The van der Waals surface area contributed by atoms with Crippen molar-refractivity contribution in [2.75, 3.05) is 50.5 Å². The number of aromatic nitrogens is 2. The first kappa shape index (κ1) is 49.9. The highest BCUT2D eigenvalue weighted by Crippen LogP contribution is 2.67. The van der Waals surface area contributed by atoms with Crippen LogP contribution in [0, 0.1) is 46.3 Å². The number of esters is 1. The van der Waals surface area contributed by atoms with E-state index in [2.05, 4.69) is 104 Å². The summed E-state index contributed by atoms with van der Waals surface area (Å²) in [6, 6.07) is 9.67. The zero-order valence-electron chi connectivity index (χ0n) is 42.9. The number of hydrogen-bond acceptors (Lipinski definition) is 9. The third kappa shape index (κ3) is 11.9. The topological polar surface area (TPSA) is 103 Å². The van der Waals surface area contributed by atoms with E-state index >= 15 is 0 Å². The largest absolute Gasteiger partial charge is 0.462 e. The number of fused-ring (bicyclic) bond motifs is 5. The molecule has 0 bridgehead atoms. The Morgan fingerprint density at radius 1 is 0.821 bits per heavy atom. The molecule has 10 unspecified atom stereocenters. The first-order chi connectivity index (χ1) is 32.3. The number of pyridine rings is 2. The van der Waals surface area contributed by atoms with Gasteiger partial charge in [0.2, 0.25) is 5.91 Å². The van der Waals surface area contributed by atoms with E-state index in [1.54, 1.807) is 5.57 Å². The second-order valence-electron chi connectivity index (χ2n) is 23.4. The number of rotatable bonds is 21. The van der Waals surface area contributed by atoms with Crippen LogP contribution in [0.4, 0.5) is 11.4 Å². The summed E-state index contributed by atoms with van der Waals surface area (Å²) in [5.41, 5.74) is 6.85. The van der Waals surface area contributed by atoms with Crippen molar-refractivity contribution in [3.05, 3.63) is 59.7 Å². The molecule has 0 radical (unpaired) electrons. The normalized spacial score (nSPS) is 31.2. The highest BCUT2D eigenvalue weighted by molar-refractivity contribution is 5.81. The Labute approximate surface area is 405 Å². The fourth-order valence-electron chi connectivity index (χ4n) is 14.9. The average Bonchev–Trinajstić information content (AvgIpc) is 4.05. The molecule has 6 aliphatic rings. The molecule has 10 nitrogen and oxygen atoms in total. The minimum Gasteiger partial charge on any atom is -0.462 e. The van der Waals surface area contributed by atoms with Crippen molar-refractivity contribution in [2.24, 2.45) is 46.3 Å². The quantitative estimate of drug-likeness (QED) is 0.0720. The predicted molar refractivity (Wildman–Crippen MR) is 273 cm³/mol. The molecule has 0 spiro atoms. The smallest absolute Gasteiger partial charge is 0.306 e. The molecule has 2 aromatic heterocycles. The second kappa shape index (κ2) is 22.5. The van der Waals surface area contributed by atoms with E-state index in [9.17, 15) is 9.59 Å². The van der Waals surface area contributed by atoms with Crippen molar-refractivity contribution in [2.45, 2.75) is 188 Å². The zero-order chi connectivity index (χ0) is 47.1. The van der Waals surface area contributed by atoms with Crippen LogP contribution in [0.5, 0.6) is 0 Å². The Morgan fingerprint density at radius 3 is 2.27 bits per heavy atom. The van der Waals surface area contributed by atoms with Gasteiger partial charge < -0.3 is 20.3 Å². The SMILES string of the molecule is CC(C)CCCC(C)C1CCC2C3CC=C4CC(OC(=O)CCC(=O)NCCCCNc5ccnc(CN6CCCC6C6CCCN6Cc6cc(N(C)C)ccn6)c5)CCC4(C)C3CCC12C. The molecule has 10 atom stereocenters. The molecule has 0 aromatic carbocycles. The minimum absolute atomic E-state index is 0.0627. The van der Waals surface area contributed by atoms with Crippen molar-refractivity contribution in [1.82, 2.24) is 25.1 Å². The molecule has 1 amide bonds. The van der Waals surface area contributed by atoms with Crippen LogP contribution in [-0.2, 0) is 27.4 Å². The number of amides is 1. The van der Waals surface area contributed by atoms with Gasteiger partial charge in [-0.3, -0.25) is 29.4 Å². The monoisotopic (exact) mass is 920 g/mol. The summed E-state index contributed by atoms with van der Waals surface area (Å²) in [5, 5.41) is 6.63. The Bertz CT molecular complexity index is 1990. The summed E-state index contributed by atoms with van der Waals surface area (Å²) in [5.74, 6) is 4.64. The predicted octanol–water partition coefficient (Wildman–Crippen LogP) is 11.2. The molecule has 2 saturated heterocycles. The van der Waals surface area contributed by atoms with Crippen LogP contribution in [0.2, 0.25) is 0 Å². The fourth-order valence-corrected chi connectivity index (χ4v) is 14.9. The van der Waals surface area contributed by atoms with Gasteiger partial charge in [-0.05, 0) is 167 Å². The lowest BCUT2D eigenvalue weighted by Crippen LogP contribution is -2.51. The van der Waals surface area contributed by atoms with Gasteiger partial charge in [0.15, 0.2) is 0 Å². The number of allylic oxidation sites excluding steroid dienone is 1. The van der Waals surface area contributed by atoms with Crippen LogP contribution in [0.3, 0.4) is 0 Å². The molecule has 2 aromatic rings. The van der Waals surface area contributed by atoms with Crippen LogP contribution < -0.4 is 15.5 Å². The summed E-state index contributed by atoms with van der Waals surface area (Å²) < 4.78 is 6.07.